The fraction of sp³-hybridized carbons (Fsp3) is 0.429. The third kappa shape index (κ3) is 4.25. The highest BCUT2D eigenvalue weighted by Crippen LogP contribution is 2.10. The quantitative estimate of drug-likeness (QED) is 0.662. The van der Waals surface area contributed by atoms with Gasteiger partial charge in [0, 0.05) is 18.8 Å². The van der Waals surface area contributed by atoms with Gasteiger partial charge in [-0.1, -0.05) is 12.1 Å². The van der Waals surface area contributed by atoms with Crippen molar-refractivity contribution in [1.82, 2.24) is 4.90 Å². The Kier molecular flexibility index (Phi) is 5.26. The monoisotopic (exact) mass is 292 g/mol. The van der Waals surface area contributed by atoms with Crippen LogP contribution in [0.15, 0.2) is 24.3 Å². The first-order valence-corrected chi connectivity index (χ1v) is 6.80. The lowest BCUT2D eigenvalue weighted by molar-refractivity contribution is -0.131. The van der Waals surface area contributed by atoms with Crippen LogP contribution in [0.25, 0.3) is 0 Å². The van der Waals surface area contributed by atoms with Crippen LogP contribution in [0.2, 0.25) is 0 Å². The van der Waals surface area contributed by atoms with Crippen LogP contribution in [0.1, 0.15) is 5.56 Å². The predicted molar refractivity (Wildman–Crippen MR) is 78.3 cm³/mol. The van der Waals surface area contributed by atoms with Crippen LogP contribution in [-0.4, -0.2) is 49.1 Å². The largest absolute Gasteiger partial charge is 0.378 e. The van der Waals surface area contributed by atoms with Crippen molar-refractivity contribution in [3.8, 4) is 0 Å². The van der Waals surface area contributed by atoms with E-state index < -0.39 is 11.9 Å². The van der Waals surface area contributed by atoms with Gasteiger partial charge in [0.05, 0.1) is 19.8 Å². The average Bonchev–Trinajstić information content (AvgIpc) is 2.48. The molecule has 1 aromatic rings. The zero-order chi connectivity index (χ0) is 15.2. The number of hydrogen-bond donors (Lipinski definition) is 3. The van der Waals surface area contributed by atoms with Crippen molar-refractivity contribution in [2.45, 2.75) is 12.6 Å². The molecule has 1 heterocycles. The van der Waals surface area contributed by atoms with Crippen molar-refractivity contribution in [3.63, 3.8) is 0 Å². The molecule has 1 aromatic carbocycles. The van der Waals surface area contributed by atoms with Crippen LogP contribution in [-0.2, 0) is 20.9 Å². The Balaban J connectivity index is 1.92. The highest BCUT2D eigenvalue weighted by molar-refractivity contribution is 5.92. The first-order chi connectivity index (χ1) is 10.1. The van der Waals surface area contributed by atoms with E-state index in [0.29, 0.717) is 25.4 Å². The summed E-state index contributed by atoms with van der Waals surface area (Å²) in [6.07, 6.45) is 0. The van der Waals surface area contributed by atoms with E-state index in [1.807, 2.05) is 12.1 Å². The standard InChI is InChI=1S/C14H20N4O3/c15-7-10-1-3-11(4-2-10)17-13(19)8-18-5-6-21-9-12(18)14(16)20/h1-4,12H,5-9,15H2,(H2,16,20)(H,17,19). The Morgan fingerprint density at radius 3 is 2.67 bits per heavy atom. The van der Waals surface area contributed by atoms with Gasteiger partial charge in [0.1, 0.15) is 6.04 Å². The van der Waals surface area contributed by atoms with Crippen molar-refractivity contribution in [2.75, 3.05) is 31.6 Å². The zero-order valence-electron chi connectivity index (χ0n) is 11.7. The molecule has 1 atom stereocenters. The smallest absolute Gasteiger partial charge is 0.238 e. The molecule has 114 valence electrons. The lowest BCUT2D eigenvalue weighted by Crippen LogP contribution is -2.54. The minimum absolute atomic E-state index is 0.107. The molecule has 7 heteroatoms. The number of benzene rings is 1. The van der Waals surface area contributed by atoms with Crippen LogP contribution in [0.4, 0.5) is 5.69 Å². The lowest BCUT2D eigenvalue weighted by Gasteiger charge is -2.32. The zero-order valence-corrected chi connectivity index (χ0v) is 11.7. The van der Waals surface area contributed by atoms with E-state index in [4.69, 9.17) is 16.2 Å². The summed E-state index contributed by atoms with van der Waals surface area (Å²) in [5.74, 6) is -0.668. The number of nitrogens with one attached hydrogen (secondary N) is 1. The molecule has 0 bridgehead atoms. The molecule has 1 aliphatic heterocycles. The highest BCUT2D eigenvalue weighted by Gasteiger charge is 2.28. The third-order valence-corrected chi connectivity index (χ3v) is 3.39. The van der Waals surface area contributed by atoms with Gasteiger partial charge in [0.15, 0.2) is 0 Å². The molecule has 0 aliphatic carbocycles. The van der Waals surface area contributed by atoms with Gasteiger partial charge in [-0.05, 0) is 17.7 Å². The molecular weight excluding hydrogens is 272 g/mol. The van der Waals surface area contributed by atoms with E-state index in [9.17, 15) is 9.59 Å². The minimum Gasteiger partial charge on any atom is -0.378 e. The Morgan fingerprint density at radius 1 is 1.33 bits per heavy atom. The maximum atomic E-state index is 12.0. The van der Waals surface area contributed by atoms with Crippen LogP contribution in [0.3, 0.4) is 0 Å². The Hall–Kier alpha value is -1.96. The molecule has 0 radical (unpaired) electrons. The van der Waals surface area contributed by atoms with E-state index in [-0.39, 0.29) is 19.1 Å². The van der Waals surface area contributed by atoms with Crippen molar-refractivity contribution in [3.05, 3.63) is 29.8 Å². The predicted octanol–water partition coefficient (Wildman–Crippen LogP) is -0.730. The summed E-state index contributed by atoms with van der Waals surface area (Å²) in [5, 5.41) is 2.79. The molecular formula is C14H20N4O3. The highest BCUT2D eigenvalue weighted by atomic mass is 16.5. The lowest BCUT2D eigenvalue weighted by atomic mass is 10.2. The maximum Gasteiger partial charge on any atom is 0.238 e. The minimum atomic E-state index is -0.552. The third-order valence-electron chi connectivity index (χ3n) is 3.39. The molecule has 1 fully saturated rings. The van der Waals surface area contributed by atoms with Crippen molar-refractivity contribution in [2.24, 2.45) is 11.5 Å². The number of carbonyl (C=O) groups excluding carboxylic acids is 2. The van der Waals surface area contributed by atoms with Crippen molar-refractivity contribution < 1.29 is 14.3 Å². The molecule has 1 aliphatic rings. The maximum absolute atomic E-state index is 12.0. The van der Waals surface area contributed by atoms with Gasteiger partial charge in [-0.3, -0.25) is 14.5 Å². The Bertz CT molecular complexity index is 503. The van der Waals surface area contributed by atoms with Crippen LogP contribution < -0.4 is 16.8 Å². The van der Waals surface area contributed by atoms with E-state index in [2.05, 4.69) is 5.32 Å². The summed E-state index contributed by atoms with van der Waals surface area (Å²) in [6, 6.07) is 6.76. The first kappa shape index (κ1) is 15.4. The summed E-state index contributed by atoms with van der Waals surface area (Å²) in [5.41, 5.74) is 12.5. The van der Waals surface area contributed by atoms with Gasteiger partial charge >= 0.3 is 0 Å². The summed E-state index contributed by atoms with van der Waals surface area (Å²) in [4.78, 5) is 25.1. The number of amides is 2. The van der Waals surface area contributed by atoms with E-state index in [1.54, 1.807) is 17.0 Å². The van der Waals surface area contributed by atoms with Crippen LogP contribution in [0, 0.1) is 0 Å². The second-order valence-electron chi connectivity index (χ2n) is 4.91. The second kappa shape index (κ2) is 7.16. The molecule has 21 heavy (non-hydrogen) atoms. The van der Waals surface area contributed by atoms with E-state index in [0.717, 1.165) is 5.56 Å². The second-order valence-corrected chi connectivity index (χ2v) is 4.91. The van der Waals surface area contributed by atoms with Crippen molar-refractivity contribution in [1.29, 1.82) is 0 Å². The van der Waals surface area contributed by atoms with Crippen LogP contribution in [0.5, 0.6) is 0 Å². The SMILES string of the molecule is NCc1ccc(NC(=O)CN2CCOCC2C(N)=O)cc1. The van der Waals surface area contributed by atoms with Gasteiger partial charge < -0.3 is 21.5 Å². The normalized spacial score (nSPS) is 19.2. The fourth-order valence-electron chi connectivity index (χ4n) is 2.20. The number of nitrogens with zero attached hydrogens (tertiary/aromatic N) is 1. The number of ether oxygens (including phenoxy) is 1. The van der Waals surface area contributed by atoms with E-state index >= 15 is 0 Å². The molecule has 1 saturated heterocycles. The molecule has 2 rings (SSSR count). The molecule has 1 unspecified atom stereocenters. The topological polar surface area (TPSA) is 111 Å². The van der Waals surface area contributed by atoms with Crippen LogP contribution >= 0.6 is 0 Å². The molecule has 7 nitrogen and oxygen atoms in total. The number of hydrogen-bond acceptors (Lipinski definition) is 5. The number of morpholine rings is 1. The van der Waals surface area contributed by atoms with E-state index in [1.165, 1.54) is 0 Å². The molecule has 0 aromatic heterocycles. The van der Waals surface area contributed by atoms with Gasteiger partial charge in [-0.2, -0.15) is 0 Å². The summed E-state index contributed by atoms with van der Waals surface area (Å²) < 4.78 is 5.21. The van der Waals surface area contributed by atoms with Gasteiger partial charge in [-0.25, -0.2) is 0 Å². The first-order valence-electron chi connectivity index (χ1n) is 6.80. The van der Waals surface area contributed by atoms with Gasteiger partial charge in [0.2, 0.25) is 11.8 Å². The number of primary amides is 1. The summed E-state index contributed by atoms with van der Waals surface area (Å²) in [6.45, 7) is 1.79. The number of carbonyl (C=O) groups is 2. The van der Waals surface area contributed by atoms with Gasteiger partial charge in [-0.15, -0.1) is 0 Å². The fourth-order valence-corrected chi connectivity index (χ4v) is 2.20. The number of nitrogens with two attached hydrogens (primary N) is 2. The molecule has 5 N–H and O–H groups in total. The van der Waals surface area contributed by atoms with Crippen molar-refractivity contribution >= 4 is 17.5 Å². The summed E-state index contributed by atoms with van der Waals surface area (Å²) >= 11 is 0. The Morgan fingerprint density at radius 2 is 2.05 bits per heavy atom. The molecule has 0 spiro atoms. The number of rotatable bonds is 5. The molecule has 2 amide bonds. The Labute approximate surface area is 123 Å². The van der Waals surface area contributed by atoms with Gasteiger partial charge in [0.25, 0.3) is 0 Å². The average molecular weight is 292 g/mol. The molecule has 0 saturated carbocycles. The number of anilines is 1. The summed E-state index contributed by atoms with van der Waals surface area (Å²) in [7, 11) is 0.